The van der Waals surface area contributed by atoms with Crippen molar-refractivity contribution in [2.45, 2.75) is 13.0 Å². The van der Waals surface area contributed by atoms with Crippen LogP contribution in [0.2, 0.25) is 0 Å². The van der Waals surface area contributed by atoms with Crippen LogP contribution in [0.25, 0.3) is 0 Å². The normalized spacial score (nSPS) is 17.3. The lowest BCUT2D eigenvalue weighted by molar-refractivity contribution is 0.191. The maximum Gasteiger partial charge on any atom is 0.229 e. The Kier molecular flexibility index (Phi) is 4.58. The van der Waals surface area contributed by atoms with Gasteiger partial charge in [0.1, 0.15) is 0 Å². The fourth-order valence-corrected chi connectivity index (χ4v) is 3.32. The van der Waals surface area contributed by atoms with E-state index in [4.69, 9.17) is 5.73 Å². The Bertz CT molecular complexity index is 636. The summed E-state index contributed by atoms with van der Waals surface area (Å²) in [5.74, 6) is 1.59. The number of hydrogen-bond donors (Lipinski definition) is 1. The minimum atomic E-state index is 0.109. The Morgan fingerprint density at radius 2 is 1.91 bits per heavy atom. The Labute approximate surface area is 140 Å². The first kappa shape index (κ1) is 15.9. The highest BCUT2D eigenvalue weighted by atomic mass is 32.1. The number of anilines is 3. The minimum Gasteiger partial charge on any atom is -0.368 e. The van der Waals surface area contributed by atoms with Gasteiger partial charge in [-0.25, -0.2) is 4.98 Å². The number of nitrogens with zero attached hydrogens (tertiary/aromatic N) is 7. The van der Waals surface area contributed by atoms with E-state index in [2.05, 4.69) is 36.7 Å². The molecule has 8 nitrogen and oxygen atoms in total. The quantitative estimate of drug-likeness (QED) is 0.881. The van der Waals surface area contributed by atoms with Crippen LogP contribution < -0.4 is 15.5 Å². The molecule has 0 bridgehead atoms. The number of aromatic nitrogens is 4. The van der Waals surface area contributed by atoms with Crippen molar-refractivity contribution in [2.24, 2.45) is 0 Å². The molecule has 0 aromatic carbocycles. The molecule has 1 saturated heterocycles. The van der Waals surface area contributed by atoms with Crippen LogP contribution in [0.15, 0.2) is 11.6 Å². The van der Waals surface area contributed by atoms with E-state index >= 15 is 0 Å². The molecule has 1 unspecified atom stereocenters. The van der Waals surface area contributed by atoms with Crippen LogP contribution in [0, 0.1) is 0 Å². The van der Waals surface area contributed by atoms with Crippen molar-refractivity contribution in [3.63, 3.8) is 0 Å². The SMILES string of the molecule is CC(c1nc(N)nc(N(C)C)n1)N1CCN(c2nccs2)CC1. The third kappa shape index (κ3) is 3.50. The molecule has 9 heteroatoms. The molecule has 124 valence electrons. The predicted octanol–water partition coefficient (Wildman–Crippen LogP) is 0.860. The molecular formula is C14H22N8S. The van der Waals surface area contributed by atoms with E-state index in [0.717, 1.165) is 37.1 Å². The number of nitrogen functional groups attached to an aromatic ring is 1. The molecule has 0 aliphatic carbocycles. The number of piperazine rings is 1. The first-order chi connectivity index (χ1) is 11.0. The average Bonchev–Trinajstić information content (AvgIpc) is 3.08. The molecule has 2 aromatic rings. The van der Waals surface area contributed by atoms with Gasteiger partial charge in [0, 0.05) is 51.9 Å². The van der Waals surface area contributed by atoms with Crippen molar-refractivity contribution in [2.75, 3.05) is 55.8 Å². The smallest absolute Gasteiger partial charge is 0.229 e. The lowest BCUT2D eigenvalue weighted by atomic mass is 10.2. The molecule has 0 amide bonds. The zero-order valence-corrected chi connectivity index (χ0v) is 14.5. The monoisotopic (exact) mass is 334 g/mol. The molecule has 1 atom stereocenters. The Morgan fingerprint density at radius 1 is 1.17 bits per heavy atom. The van der Waals surface area contributed by atoms with Gasteiger partial charge in [0.15, 0.2) is 11.0 Å². The molecule has 0 radical (unpaired) electrons. The van der Waals surface area contributed by atoms with Gasteiger partial charge in [0.25, 0.3) is 0 Å². The lowest BCUT2D eigenvalue weighted by Crippen LogP contribution is -2.47. The summed E-state index contributed by atoms with van der Waals surface area (Å²) in [5, 5.41) is 3.11. The van der Waals surface area contributed by atoms with Crippen LogP contribution in [-0.2, 0) is 0 Å². The van der Waals surface area contributed by atoms with E-state index in [9.17, 15) is 0 Å². The molecule has 2 aromatic heterocycles. The first-order valence-electron chi connectivity index (χ1n) is 7.62. The maximum absolute atomic E-state index is 5.83. The second kappa shape index (κ2) is 6.63. The van der Waals surface area contributed by atoms with Crippen molar-refractivity contribution in [1.82, 2.24) is 24.8 Å². The molecule has 1 aliphatic rings. The molecular weight excluding hydrogens is 312 g/mol. The molecule has 3 heterocycles. The summed E-state index contributed by atoms with van der Waals surface area (Å²) < 4.78 is 0. The second-order valence-corrected chi connectivity index (χ2v) is 6.63. The third-order valence-electron chi connectivity index (χ3n) is 3.98. The van der Waals surface area contributed by atoms with Crippen LogP contribution in [0.4, 0.5) is 17.0 Å². The summed E-state index contributed by atoms with van der Waals surface area (Å²) in [6.45, 7) is 5.93. The minimum absolute atomic E-state index is 0.109. The van der Waals surface area contributed by atoms with Gasteiger partial charge >= 0.3 is 0 Å². The van der Waals surface area contributed by atoms with Crippen molar-refractivity contribution in [3.05, 3.63) is 17.4 Å². The summed E-state index contributed by atoms with van der Waals surface area (Å²) in [6, 6.07) is 0.109. The van der Waals surface area contributed by atoms with E-state index in [1.165, 1.54) is 0 Å². The highest BCUT2D eigenvalue weighted by Gasteiger charge is 2.25. The Morgan fingerprint density at radius 3 is 2.52 bits per heavy atom. The van der Waals surface area contributed by atoms with Gasteiger partial charge in [-0.2, -0.15) is 15.0 Å². The van der Waals surface area contributed by atoms with E-state index in [1.54, 1.807) is 11.3 Å². The number of thiazole rings is 1. The summed E-state index contributed by atoms with van der Waals surface area (Å²) in [6.07, 6.45) is 1.85. The fraction of sp³-hybridized carbons (Fsp3) is 0.571. The highest BCUT2D eigenvalue weighted by Crippen LogP contribution is 2.24. The molecule has 1 fully saturated rings. The number of nitrogens with two attached hydrogens (primary N) is 1. The molecule has 1 aliphatic heterocycles. The van der Waals surface area contributed by atoms with Crippen LogP contribution in [0.3, 0.4) is 0 Å². The topological polar surface area (TPSA) is 87.3 Å². The van der Waals surface area contributed by atoms with Gasteiger partial charge < -0.3 is 15.5 Å². The van der Waals surface area contributed by atoms with Gasteiger partial charge in [-0.1, -0.05) is 0 Å². The molecule has 2 N–H and O–H groups in total. The highest BCUT2D eigenvalue weighted by molar-refractivity contribution is 7.13. The fourth-order valence-electron chi connectivity index (χ4n) is 2.62. The standard InChI is InChI=1S/C14H22N8S/c1-10(11-17-12(15)19-13(18-11)20(2)3)21-5-7-22(8-6-21)14-16-4-9-23-14/h4,9-10H,5-8H2,1-3H3,(H2,15,17,18,19). The average molecular weight is 334 g/mol. The van der Waals surface area contributed by atoms with Gasteiger partial charge in [-0.3, -0.25) is 4.90 Å². The Hall–Kier alpha value is -2.00. The zero-order chi connectivity index (χ0) is 16.4. The molecule has 0 spiro atoms. The molecule has 23 heavy (non-hydrogen) atoms. The van der Waals surface area contributed by atoms with Crippen molar-refractivity contribution in [1.29, 1.82) is 0 Å². The van der Waals surface area contributed by atoms with E-state index in [-0.39, 0.29) is 12.0 Å². The summed E-state index contributed by atoms with van der Waals surface area (Å²) in [7, 11) is 3.80. The molecule has 0 saturated carbocycles. The van der Waals surface area contributed by atoms with Crippen LogP contribution in [-0.4, -0.2) is 65.1 Å². The number of rotatable bonds is 4. The lowest BCUT2D eigenvalue weighted by Gasteiger charge is -2.37. The van der Waals surface area contributed by atoms with Gasteiger partial charge in [-0.05, 0) is 6.92 Å². The summed E-state index contributed by atoms with van der Waals surface area (Å²) >= 11 is 1.68. The predicted molar refractivity (Wildman–Crippen MR) is 92.9 cm³/mol. The summed E-state index contributed by atoms with van der Waals surface area (Å²) in [4.78, 5) is 23.9. The van der Waals surface area contributed by atoms with Crippen molar-refractivity contribution < 1.29 is 0 Å². The third-order valence-corrected chi connectivity index (χ3v) is 4.82. The van der Waals surface area contributed by atoms with Crippen molar-refractivity contribution in [3.8, 4) is 0 Å². The Balaban J connectivity index is 1.68. The van der Waals surface area contributed by atoms with Crippen LogP contribution in [0.1, 0.15) is 18.8 Å². The van der Waals surface area contributed by atoms with Gasteiger partial charge in [0.2, 0.25) is 11.9 Å². The second-order valence-electron chi connectivity index (χ2n) is 5.76. The van der Waals surface area contributed by atoms with E-state index in [0.29, 0.717) is 5.95 Å². The summed E-state index contributed by atoms with van der Waals surface area (Å²) in [5.41, 5.74) is 5.83. The van der Waals surface area contributed by atoms with Gasteiger partial charge in [-0.15, -0.1) is 11.3 Å². The van der Waals surface area contributed by atoms with Crippen LogP contribution >= 0.6 is 11.3 Å². The zero-order valence-electron chi connectivity index (χ0n) is 13.7. The van der Waals surface area contributed by atoms with E-state index in [1.807, 2.05) is 30.6 Å². The van der Waals surface area contributed by atoms with Crippen molar-refractivity contribution >= 4 is 28.4 Å². The number of hydrogen-bond acceptors (Lipinski definition) is 9. The van der Waals surface area contributed by atoms with E-state index < -0.39 is 0 Å². The maximum atomic E-state index is 5.83. The van der Waals surface area contributed by atoms with Gasteiger partial charge in [0.05, 0.1) is 6.04 Å². The largest absolute Gasteiger partial charge is 0.368 e. The van der Waals surface area contributed by atoms with Crippen LogP contribution in [0.5, 0.6) is 0 Å². The first-order valence-corrected chi connectivity index (χ1v) is 8.50. The molecule has 3 rings (SSSR count).